The third-order valence-corrected chi connectivity index (χ3v) is 4.34. The highest BCUT2D eigenvalue weighted by atomic mass is 16.2. The molecule has 0 saturated heterocycles. The molecule has 4 heteroatoms. The molecule has 2 amide bonds. The van der Waals surface area contributed by atoms with E-state index < -0.39 is 0 Å². The lowest BCUT2D eigenvalue weighted by atomic mass is 9.85. The summed E-state index contributed by atoms with van der Waals surface area (Å²) in [6.07, 6.45) is -0.225. The number of nitrogens with one attached hydrogen (secondary N) is 2. The van der Waals surface area contributed by atoms with Crippen molar-refractivity contribution in [1.82, 2.24) is 0 Å². The van der Waals surface area contributed by atoms with E-state index >= 15 is 0 Å². The van der Waals surface area contributed by atoms with Crippen molar-refractivity contribution in [2.24, 2.45) is 0 Å². The van der Waals surface area contributed by atoms with Crippen LogP contribution >= 0.6 is 0 Å². The van der Waals surface area contributed by atoms with Gasteiger partial charge in [-0.1, -0.05) is 77.9 Å². The number of carbonyl (C=O) groups excluding carboxylic acids is 2. The Hall–Kier alpha value is -2.62. The first-order chi connectivity index (χ1) is 12.5. The predicted octanol–water partition coefficient (Wildman–Crippen LogP) is 5.25. The van der Waals surface area contributed by atoms with E-state index in [1.165, 1.54) is 0 Å². The van der Waals surface area contributed by atoms with Crippen molar-refractivity contribution in [3.8, 4) is 0 Å². The van der Waals surface area contributed by atoms with Crippen molar-refractivity contribution in [3.05, 3.63) is 59.7 Å². The summed E-state index contributed by atoms with van der Waals surface area (Å²) < 4.78 is 0. The van der Waals surface area contributed by atoms with Crippen LogP contribution in [0.3, 0.4) is 0 Å². The minimum Gasteiger partial charge on any atom is -0.325 e. The van der Waals surface area contributed by atoms with Crippen molar-refractivity contribution in [3.63, 3.8) is 0 Å². The molecule has 0 radical (unpaired) electrons. The molecule has 0 aliphatic rings. The molecule has 0 saturated carbocycles. The number of benzene rings is 2. The maximum Gasteiger partial charge on any atom is 0.233 e. The predicted molar refractivity (Wildman–Crippen MR) is 112 cm³/mol. The van der Waals surface area contributed by atoms with Crippen LogP contribution in [0, 0.1) is 0 Å². The summed E-state index contributed by atoms with van der Waals surface area (Å²) >= 11 is 0. The van der Waals surface area contributed by atoms with E-state index in [0.29, 0.717) is 0 Å². The number of rotatable bonds is 4. The van der Waals surface area contributed by atoms with Gasteiger partial charge >= 0.3 is 0 Å². The van der Waals surface area contributed by atoms with Gasteiger partial charge in [0.2, 0.25) is 11.8 Å². The van der Waals surface area contributed by atoms with Gasteiger partial charge in [-0.05, 0) is 34.1 Å². The van der Waals surface area contributed by atoms with E-state index in [1.807, 2.05) is 48.5 Å². The Labute approximate surface area is 162 Å². The van der Waals surface area contributed by atoms with Crippen LogP contribution in [0.1, 0.15) is 59.1 Å². The zero-order valence-electron chi connectivity index (χ0n) is 17.1. The van der Waals surface area contributed by atoms with Crippen LogP contribution < -0.4 is 10.6 Å². The summed E-state index contributed by atoms with van der Waals surface area (Å²) in [5.74, 6) is -0.644. The first kappa shape index (κ1) is 20.7. The van der Waals surface area contributed by atoms with E-state index in [9.17, 15) is 9.59 Å². The summed E-state index contributed by atoms with van der Waals surface area (Å²) in [6, 6.07) is 15.4. The molecule has 4 nitrogen and oxygen atoms in total. The molecule has 0 spiro atoms. The number of amides is 2. The van der Waals surface area contributed by atoms with Gasteiger partial charge in [0.1, 0.15) is 6.42 Å². The highest BCUT2D eigenvalue weighted by Gasteiger charge is 2.21. The van der Waals surface area contributed by atoms with Crippen LogP contribution in [-0.4, -0.2) is 11.8 Å². The number of anilines is 2. The normalized spacial score (nSPS) is 11.8. The van der Waals surface area contributed by atoms with Gasteiger partial charge < -0.3 is 10.6 Å². The Morgan fingerprint density at radius 3 is 1.33 bits per heavy atom. The van der Waals surface area contributed by atoms with Crippen LogP contribution in [-0.2, 0) is 20.4 Å². The second-order valence-corrected chi connectivity index (χ2v) is 8.86. The standard InChI is InChI=1S/C23H30N2O2/c1-22(2,3)16-11-7-9-13-18(16)24-20(26)15-21(27)25-19-14-10-8-12-17(19)23(4,5)6/h7-14H,15H2,1-6H3,(H,24,26)(H,25,27). The molecule has 2 N–H and O–H groups in total. The summed E-state index contributed by atoms with van der Waals surface area (Å²) in [6.45, 7) is 12.5. The maximum atomic E-state index is 12.4. The number of carbonyl (C=O) groups is 2. The highest BCUT2D eigenvalue weighted by molar-refractivity contribution is 6.08. The lowest BCUT2D eigenvalue weighted by Gasteiger charge is -2.23. The smallest absolute Gasteiger partial charge is 0.233 e. The Bertz CT molecular complexity index is 757. The molecule has 0 atom stereocenters. The third-order valence-electron chi connectivity index (χ3n) is 4.34. The fraction of sp³-hybridized carbons (Fsp3) is 0.391. The molecule has 27 heavy (non-hydrogen) atoms. The monoisotopic (exact) mass is 366 g/mol. The molecule has 2 aromatic carbocycles. The van der Waals surface area contributed by atoms with Crippen LogP contribution in [0.25, 0.3) is 0 Å². The van der Waals surface area contributed by atoms with Gasteiger partial charge in [0, 0.05) is 11.4 Å². The minimum atomic E-state index is -0.322. The van der Waals surface area contributed by atoms with Gasteiger partial charge in [-0.25, -0.2) is 0 Å². The summed E-state index contributed by atoms with van der Waals surface area (Å²) in [4.78, 5) is 24.8. The van der Waals surface area contributed by atoms with Crippen molar-refractivity contribution in [2.45, 2.75) is 58.8 Å². The van der Waals surface area contributed by atoms with Crippen molar-refractivity contribution >= 4 is 23.2 Å². The van der Waals surface area contributed by atoms with Gasteiger partial charge in [0.15, 0.2) is 0 Å². The maximum absolute atomic E-state index is 12.4. The fourth-order valence-electron chi connectivity index (χ4n) is 3.03. The Kier molecular flexibility index (Phi) is 6.09. The van der Waals surface area contributed by atoms with Crippen LogP contribution in [0.5, 0.6) is 0 Å². The lowest BCUT2D eigenvalue weighted by Crippen LogP contribution is -2.24. The molecular weight excluding hydrogens is 336 g/mol. The quantitative estimate of drug-likeness (QED) is 0.726. The summed E-state index contributed by atoms with van der Waals surface area (Å²) in [5.41, 5.74) is 3.37. The molecule has 0 bridgehead atoms. The molecule has 2 aromatic rings. The first-order valence-corrected chi connectivity index (χ1v) is 9.27. The van der Waals surface area contributed by atoms with Crippen LogP contribution in [0.15, 0.2) is 48.5 Å². The third kappa shape index (κ3) is 5.68. The van der Waals surface area contributed by atoms with Gasteiger partial charge in [-0.15, -0.1) is 0 Å². The average Bonchev–Trinajstić information content (AvgIpc) is 2.53. The van der Waals surface area contributed by atoms with Crippen molar-refractivity contribution < 1.29 is 9.59 Å². The second kappa shape index (κ2) is 7.95. The van der Waals surface area contributed by atoms with E-state index in [1.54, 1.807) is 0 Å². The topological polar surface area (TPSA) is 58.2 Å². The lowest BCUT2D eigenvalue weighted by molar-refractivity contribution is -0.123. The zero-order chi connectivity index (χ0) is 20.2. The molecule has 0 aliphatic heterocycles. The second-order valence-electron chi connectivity index (χ2n) is 8.86. The molecule has 144 valence electrons. The van der Waals surface area contributed by atoms with Gasteiger partial charge in [0.05, 0.1) is 0 Å². The number of hydrogen-bond acceptors (Lipinski definition) is 2. The molecule has 0 unspecified atom stereocenters. The van der Waals surface area contributed by atoms with Gasteiger partial charge in [0.25, 0.3) is 0 Å². The molecule has 2 rings (SSSR count). The molecule has 0 heterocycles. The summed E-state index contributed by atoms with van der Waals surface area (Å²) in [7, 11) is 0. The van der Waals surface area contributed by atoms with E-state index in [2.05, 4.69) is 52.2 Å². The van der Waals surface area contributed by atoms with Crippen molar-refractivity contribution in [2.75, 3.05) is 10.6 Å². The van der Waals surface area contributed by atoms with Gasteiger partial charge in [-0.2, -0.15) is 0 Å². The zero-order valence-corrected chi connectivity index (χ0v) is 17.1. The van der Waals surface area contributed by atoms with E-state index in [-0.39, 0.29) is 29.1 Å². The van der Waals surface area contributed by atoms with E-state index in [4.69, 9.17) is 0 Å². The van der Waals surface area contributed by atoms with Crippen LogP contribution in [0.4, 0.5) is 11.4 Å². The largest absolute Gasteiger partial charge is 0.325 e. The summed E-state index contributed by atoms with van der Waals surface area (Å²) in [5, 5.41) is 5.76. The van der Waals surface area contributed by atoms with Gasteiger partial charge in [-0.3, -0.25) is 9.59 Å². The number of hydrogen-bond donors (Lipinski definition) is 2. The highest BCUT2D eigenvalue weighted by Crippen LogP contribution is 2.30. The fourth-order valence-corrected chi connectivity index (χ4v) is 3.03. The average molecular weight is 367 g/mol. The number of para-hydroxylation sites is 2. The first-order valence-electron chi connectivity index (χ1n) is 9.27. The Balaban J connectivity index is 2.07. The molecule has 0 fully saturated rings. The molecular formula is C23H30N2O2. The minimum absolute atomic E-state index is 0.0994. The van der Waals surface area contributed by atoms with E-state index in [0.717, 1.165) is 22.5 Å². The van der Waals surface area contributed by atoms with Crippen LogP contribution in [0.2, 0.25) is 0 Å². The molecule has 0 aromatic heterocycles. The SMILES string of the molecule is CC(C)(C)c1ccccc1NC(=O)CC(=O)Nc1ccccc1C(C)(C)C. The van der Waals surface area contributed by atoms with Crippen molar-refractivity contribution in [1.29, 1.82) is 0 Å². The Morgan fingerprint density at radius 2 is 1.00 bits per heavy atom. The molecule has 0 aliphatic carbocycles. The Morgan fingerprint density at radius 1 is 0.667 bits per heavy atom.